The number of hydrogen-bond donors (Lipinski definition) is 0. The molecule has 2 aromatic carbocycles. The Balaban J connectivity index is 1.51. The summed E-state index contributed by atoms with van der Waals surface area (Å²) in [5.41, 5.74) is 3.08. The van der Waals surface area contributed by atoms with Gasteiger partial charge in [0.2, 0.25) is 5.91 Å². The summed E-state index contributed by atoms with van der Waals surface area (Å²) in [6.07, 6.45) is 0. The zero-order valence-corrected chi connectivity index (χ0v) is 15.8. The van der Waals surface area contributed by atoms with E-state index in [2.05, 4.69) is 30.0 Å². The third-order valence-electron chi connectivity index (χ3n) is 5.10. The molecule has 0 aromatic heterocycles. The van der Waals surface area contributed by atoms with Crippen LogP contribution in [0.5, 0.6) is 0 Å². The van der Waals surface area contributed by atoms with Crippen LogP contribution in [-0.4, -0.2) is 55.5 Å². The molecule has 0 N–H and O–H groups in total. The molecule has 1 saturated heterocycles. The third-order valence-corrected chi connectivity index (χ3v) is 5.10. The second-order valence-electron chi connectivity index (χ2n) is 7.04. The van der Waals surface area contributed by atoms with Crippen molar-refractivity contribution >= 4 is 11.6 Å². The largest absolute Gasteiger partial charge is 0.365 e. The Labute approximate surface area is 159 Å². The van der Waals surface area contributed by atoms with E-state index in [0.29, 0.717) is 18.8 Å². The lowest BCUT2D eigenvalue weighted by Crippen LogP contribution is -2.50. The Morgan fingerprint density at radius 2 is 1.74 bits per heavy atom. The van der Waals surface area contributed by atoms with Crippen LogP contribution in [-0.2, 0) is 11.3 Å². The topological polar surface area (TPSA) is 26.8 Å². The lowest BCUT2D eigenvalue weighted by molar-refractivity contribution is -0.131. The fraction of sp³-hybridized carbons (Fsp3) is 0.381. The van der Waals surface area contributed by atoms with E-state index in [4.69, 9.17) is 0 Å². The number of carbonyl (C=O) groups is 1. The molecular formula is C21H25F2N3O. The maximum absolute atomic E-state index is 13.4. The van der Waals surface area contributed by atoms with Crippen LogP contribution in [0.2, 0.25) is 0 Å². The molecule has 0 radical (unpaired) electrons. The van der Waals surface area contributed by atoms with Gasteiger partial charge in [-0.15, -0.1) is 0 Å². The van der Waals surface area contributed by atoms with E-state index >= 15 is 0 Å². The smallest absolute Gasteiger partial charge is 0.242 e. The highest BCUT2D eigenvalue weighted by atomic mass is 19.2. The first-order valence-electron chi connectivity index (χ1n) is 9.15. The molecule has 0 aliphatic carbocycles. The summed E-state index contributed by atoms with van der Waals surface area (Å²) in [6, 6.07) is 12.0. The Morgan fingerprint density at radius 3 is 2.41 bits per heavy atom. The number of hydrogen-bond acceptors (Lipinski definition) is 3. The van der Waals surface area contributed by atoms with E-state index in [-0.39, 0.29) is 12.5 Å². The number of aryl methyl sites for hydroxylation is 1. The minimum Gasteiger partial charge on any atom is -0.365 e. The molecular weight excluding hydrogens is 348 g/mol. The normalized spacial score (nSPS) is 15.0. The van der Waals surface area contributed by atoms with Gasteiger partial charge in [-0.1, -0.05) is 24.3 Å². The van der Waals surface area contributed by atoms with E-state index in [0.717, 1.165) is 31.8 Å². The zero-order chi connectivity index (χ0) is 19.4. The van der Waals surface area contributed by atoms with Gasteiger partial charge in [-0.05, 0) is 30.2 Å². The quantitative estimate of drug-likeness (QED) is 0.806. The van der Waals surface area contributed by atoms with Crippen molar-refractivity contribution < 1.29 is 13.6 Å². The average molecular weight is 373 g/mol. The first-order chi connectivity index (χ1) is 12.9. The van der Waals surface area contributed by atoms with Crippen LogP contribution in [0.15, 0.2) is 42.5 Å². The van der Waals surface area contributed by atoms with Gasteiger partial charge in [0.05, 0.1) is 6.54 Å². The Hall–Kier alpha value is -2.47. The number of halogens is 2. The summed E-state index contributed by atoms with van der Waals surface area (Å²) in [5.74, 6) is -1.79. The highest BCUT2D eigenvalue weighted by Crippen LogP contribution is 2.17. The Bertz CT molecular complexity index is 804. The van der Waals surface area contributed by atoms with Gasteiger partial charge in [0.25, 0.3) is 0 Å². The van der Waals surface area contributed by atoms with Crippen LogP contribution < -0.4 is 4.90 Å². The van der Waals surface area contributed by atoms with E-state index in [1.165, 1.54) is 17.2 Å². The second-order valence-corrected chi connectivity index (χ2v) is 7.04. The van der Waals surface area contributed by atoms with Gasteiger partial charge in [-0.2, -0.15) is 0 Å². The van der Waals surface area contributed by atoms with Gasteiger partial charge < -0.3 is 9.80 Å². The van der Waals surface area contributed by atoms with Crippen molar-refractivity contribution in [1.29, 1.82) is 0 Å². The van der Waals surface area contributed by atoms with E-state index < -0.39 is 11.6 Å². The van der Waals surface area contributed by atoms with Crippen LogP contribution in [0.1, 0.15) is 11.1 Å². The fourth-order valence-corrected chi connectivity index (χ4v) is 3.30. The first kappa shape index (κ1) is 19.3. The molecule has 27 heavy (non-hydrogen) atoms. The number of anilines is 1. The van der Waals surface area contributed by atoms with Gasteiger partial charge in [0.1, 0.15) is 0 Å². The maximum Gasteiger partial charge on any atom is 0.242 e. The molecule has 2 aromatic rings. The monoisotopic (exact) mass is 373 g/mol. The van der Waals surface area contributed by atoms with Crippen molar-refractivity contribution in [2.24, 2.45) is 0 Å². The molecule has 0 atom stereocenters. The van der Waals surface area contributed by atoms with Gasteiger partial charge >= 0.3 is 0 Å². The predicted molar refractivity (Wildman–Crippen MR) is 103 cm³/mol. The third kappa shape index (κ3) is 4.83. The molecule has 0 saturated carbocycles. The summed E-state index contributed by atoms with van der Waals surface area (Å²) < 4.78 is 26.4. The van der Waals surface area contributed by atoms with Crippen LogP contribution in [0.4, 0.5) is 14.5 Å². The van der Waals surface area contributed by atoms with Gasteiger partial charge in [-0.3, -0.25) is 9.69 Å². The number of carbonyl (C=O) groups excluding carboxylic acids is 1. The van der Waals surface area contributed by atoms with Crippen LogP contribution in [0, 0.1) is 18.6 Å². The predicted octanol–water partition coefficient (Wildman–Crippen LogP) is 3.05. The molecule has 6 heteroatoms. The second kappa shape index (κ2) is 8.48. The molecule has 0 unspecified atom stereocenters. The molecule has 0 spiro atoms. The summed E-state index contributed by atoms with van der Waals surface area (Å²) in [6.45, 7) is 6.16. The number of amides is 1. The van der Waals surface area contributed by atoms with E-state index in [9.17, 15) is 13.6 Å². The SMILES string of the molecule is Cc1ccccc1CN1CCN(C(=O)CN(C)c2ccc(F)c(F)c2)CC1. The average Bonchev–Trinajstić information content (AvgIpc) is 2.66. The fourth-order valence-electron chi connectivity index (χ4n) is 3.30. The molecule has 1 aliphatic heterocycles. The summed E-state index contributed by atoms with van der Waals surface area (Å²) in [4.78, 5) is 18.4. The van der Waals surface area contributed by atoms with Crippen molar-refractivity contribution in [3.8, 4) is 0 Å². The molecule has 3 rings (SSSR count). The van der Waals surface area contributed by atoms with Crippen molar-refractivity contribution in [3.63, 3.8) is 0 Å². The minimum atomic E-state index is -0.906. The molecule has 1 fully saturated rings. The van der Waals surface area contributed by atoms with Gasteiger partial charge in [-0.25, -0.2) is 8.78 Å². The lowest BCUT2D eigenvalue weighted by Gasteiger charge is -2.36. The number of rotatable bonds is 5. The molecule has 144 valence electrons. The number of piperazine rings is 1. The van der Waals surface area contributed by atoms with Gasteiger partial charge in [0, 0.05) is 51.5 Å². The maximum atomic E-state index is 13.4. The number of benzene rings is 2. The van der Waals surface area contributed by atoms with Crippen molar-refractivity contribution in [3.05, 3.63) is 65.2 Å². The van der Waals surface area contributed by atoms with E-state index in [1.807, 2.05) is 11.0 Å². The summed E-state index contributed by atoms with van der Waals surface area (Å²) >= 11 is 0. The standard InChI is InChI=1S/C21H25F2N3O/c1-16-5-3-4-6-17(16)14-25-9-11-26(12-10-25)21(27)15-24(2)18-7-8-19(22)20(23)13-18/h3-8,13H,9-12,14-15H2,1-2H3. The molecule has 1 heterocycles. The Morgan fingerprint density at radius 1 is 1.04 bits per heavy atom. The number of likely N-dealkylation sites (N-methyl/N-ethyl adjacent to an activating group) is 1. The van der Waals surface area contributed by atoms with Crippen LogP contribution in [0.3, 0.4) is 0 Å². The highest BCUT2D eigenvalue weighted by Gasteiger charge is 2.22. The number of nitrogens with zero attached hydrogens (tertiary/aromatic N) is 3. The summed E-state index contributed by atoms with van der Waals surface area (Å²) in [7, 11) is 1.71. The molecule has 1 amide bonds. The zero-order valence-electron chi connectivity index (χ0n) is 15.8. The summed E-state index contributed by atoms with van der Waals surface area (Å²) in [5, 5.41) is 0. The molecule has 0 bridgehead atoms. The van der Waals surface area contributed by atoms with Gasteiger partial charge in [0.15, 0.2) is 11.6 Å². The van der Waals surface area contributed by atoms with E-state index in [1.54, 1.807) is 11.9 Å². The first-order valence-corrected chi connectivity index (χ1v) is 9.15. The van der Waals surface area contributed by atoms with Crippen molar-refractivity contribution in [1.82, 2.24) is 9.80 Å². The van der Waals surface area contributed by atoms with Crippen molar-refractivity contribution in [2.75, 3.05) is 44.7 Å². The molecule has 4 nitrogen and oxygen atoms in total. The van der Waals surface area contributed by atoms with Crippen molar-refractivity contribution in [2.45, 2.75) is 13.5 Å². The minimum absolute atomic E-state index is 0.00206. The lowest BCUT2D eigenvalue weighted by atomic mass is 10.1. The molecule has 1 aliphatic rings. The van der Waals surface area contributed by atoms with Crippen LogP contribution in [0.25, 0.3) is 0 Å². The van der Waals surface area contributed by atoms with Crippen LogP contribution >= 0.6 is 0 Å². The Kier molecular flexibility index (Phi) is 6.06. The highest BCUT2D eigenvalue weighted by molar-refractivity contribution is 5.81.